The lowest BCUT2D eigenvalue weighted by atomic mass is 10.2. The van der Waals surface area contributed by atoms with Crippen LogP contribution in [-0.2, 0) is 11.3 Å². The largest absolute Gasteiger partial charge is 0.493 e. The van der Waals surface area contributed by atoms with Gasteiger partial charge in [-0.2, -0.15) is 0 Å². The molecule has 3 rings (SSSR count). The number of methoxy groups -OCH3 is 3. The molecule has 162 valence electrons. The first kappa shape index (κ1) is 21.9. The van der Waals surface area contributed by atoms with E-state index in [4.69, 9.17) is 14.2 Å². The Hall–Kier alpha value is -2.77. The number of nitrogens with zero attached hydrogens (tertiary/aromatic N) is 2. The number of rotatable bonds is 9. The van der Waals surface area contributed by atoms with Crippen molar-refractivity contribution in [3.05, 3.63) is 48.0 Å². The zero-order valence-corrected chi connectivity index (χ0v) is 18.0. The summed E-state index contributed by atoms with van der Waals surface area (Å²) in [5.74, 6) is 1.51. The van der Waals surface area contributed by atoms with Crippen LogP contribution in [-0.4, -0.2) is 69.8 Å². The zero-order valence-electron chi connectivity index (χ0n) is 18.0. The van der Waals surface area contributed by atoms with Crippen molar-refractivity contribution in [2.45, 2.75) is 13.0 Å². The Morgan fingerprint density at radius 1 is 0.900 bits per heavy atom. The summed E-state index contributed by atoms with van der Waals surface area (Å²) in [5, 5.41) is 2.93. The first-order valence-corrected chi connectivity index (χ1v) is 10.2. The minimum absolute atomic E-state index is 0.0315. The molecule has 7 nitrogen and oxygen atoms in total. The van der Waals surface area contributed by atoms with E-state index in [2.05, 4.69) is 39.4 Å². The van der Waals surface area contributed by atoms with Gasteiger partial charge in [0.05, 0.1) is 21.3 Å². The van der Waals surface area contributed by atoms with Gasteiger partial charge in [-0.05, 0) is 5.56 Å². The summed E-state index contributed by atoms with van der Waals surface area (Å²) < 4.78 is 16.0. The molecule has 0 bridgehead atoms. The van der Waals surface area contributed by atoms with Crippen LogP contribution in [0.1, 0.15) is 12.0 Å². The average molecular weight is 414 g/mol. The van der Waals surface area contributed by atoms with Crippen molar-refractivity contribution in [3.8, 4) is 17.2 Å². The summed E-state index contributed by atoms with van der Waals surface area (Å²) in [6, 6.07) is 14.0. The molecule has 0 unspecified atom stereocenters. The summed E-state index contributed by atoms with van der Waals surface area (Å²) in [6.07, 6.45) is 0.440. The number of amides is 1. The maximum Gasteiger partial charge on any atom is 0.225 e. The Labute approximate surface area is 178 Å². The van der Waals surface area contributed by atoms with Gasteiger partial charge in [0, 0.05) is 63.5 Å². The van der Waals surface area contributed by atoms with Crippen LogP contribution in [0.25, 0.3) is 0 Å². The van der Waals surface area contributed by atoms with Crippen LogP contribution in [0.5, 0.6) is 17.2 Å². The van der Waals surface area contributed by atoms with Gasteiger partial charge in [0.15, 0.2) is 11.5 Å². The topological polar surface area (TPSA) is 63.3 Å². The average Bonchev–Trinajstić information content (AvgIpc) is 2.78. The molecule has 1 N–H and O–H groups in total. The number of benzene rings is 2. The third-order valence-electron chi connectivity index (χ3n) is 5.32. The van der Waals surface area contributed by atoms with Crippen LogP contribution in [0.4, 0.5) is 5.69 Å². The number of hydrogen-bond acceptors (Lipinski definition) is 6. The highest BCUT2D eigenvalue weighted by atomic mass is 16.5. The number of piperazine rings is 1. The second-order valence-corrected chi connectivity index (χ2v) is 7.32. The molecule has 1 aliphatic rings. The monoisotopic (exact) mass is 413 g/mol. The molecular weight excluding hydrogens is 382 g/mol. The molecule has 30 heavy (non-hydrogen) atoms. The van der Waals surface area contributed by atoms with Crippen LogP contribution < -0.4 is 19.5 Å². The number of ether oxygens (including phenoxy) is 3. The Balaban J connectivity index is 1.45. The molecule has 7 heteroatoms. The minimum atomic E-state index is -0.0315. The molecule has 0 spiro atoms. The van der Waals surface area contributed by atoms with Gasteiger partial charge in [-0.3, -0.25) is 9.69 Å². The Morgan fingerprint density at radius 3 is 2.07 bits per heavy atom. The van der Waals surface area contributed by atoms with Crippen molar-refractivity contribution in [2.75, 3.05) is 59.4 Å². The lowest BCUT2D eigenvalue weighted by Crippen LogP contribution is -2.46. The van der Waals surface area contributed by atoms with Gasteiger partial charge in [0.25, 0.3) is 0 Å². The predicted octanol–water partition coefficient (Wildman–Crippen LogP) is 2.86. The number of carbonyl (C=O) groups excluding carboxylic acids is 1. The number of nitrogens with one attached hydrogen (secondary N) is 1. The van der Waals surface area contributed by atoms with Gasteiger partial charge < -0.3 is 24.4 Å². The molecule has 0 radical (unpaired) electrons. The summed E-state index contributed by atoms with van der Waals surface area (Å²) in [4.78, 5) is 17.3. The number of anilines is 1. The smallest absolute Gasteiger partial charge is 0.225 e. The van der Waals surface area contributed by atoms with Crippen LogP contribution in [0.15, 0.2) is 42.5 Å². The van der Waals surface area contributed by atoms with E-state index < -0.39 is 0 Å². The summed E-state index contributed by atoms with van der Waals surface area (Å²) in [5.41, 5.74) is 1.97. The predicted molar refractivity (Wildman–Crippen MR) is 118 cm³/mol. The minimum Gasteiger partial charge on any atom is -0.493 e. The molecule has 1 amide bonds. The summed E-state index contributed by atoms with van der Waals surface area (Å²) in [7, 11) is 4.67. The Kier molecular flexibility index (Phi) is 7.93. The SMILES string of the molecule is COc1cc(NC(=O)CCN2CCN(Cc3ccccc3)CC2)cc(OC)c1OC. The van der Waals surface area contributed by atoms with E-state index in [-0.39, 0.29) is 5.91 Å². The van der Waals surface area contributed by atoms with Crippen LogP contribution in [0.2, 0.25) is 0 Å². The first-order chi connectivity index (χ1) is 14.6. The normalized spacial score (nSPS) is 14.9. The van der Waals surface area contributed by atoms with Crippen molar-refractivity contribution < 1.29 is 19.0 Å². The summed E-state index contributed by atoms with van der Waals surface area (Å²) in [6.45, 7) is 5.72. The second-order valence-electron chi connectivity index (χ2n) is 7.32. The fraction of sp³-hybridized carbons (Fsp3) is 0.435. The van der Waals surface area contributed by atoms with E-state index >= 15 is 0 Å². The van der Waals surface area contributed by atoms with Crippen molar-refractivity contribution >= 4 is 11.6 Å². The molecule has 1 fully saturated rings. The fourth-order valence-corrected chi connectivity index (χ4v) is 3.65. The van der Waals surface area contributed by atoms with Crippen molar-refractivity contribution in [1.29, 1.82) is 0 Å². The highest BCUT2D eigenvalue weighted by Gasteiger charge is 2.18. The molecule has 0 atom stereocenters. The van der Waals surface area contributed by atoms with Gasteiger partial charge in [0.1, 0.15) is 0 Å². The van der Waals surface area contributed by atoms with Gasteiger partial charge in [-0.15, -0.1) is 0 Å². The molecule has 1 heterocycles. The molecule has 2 aromatic carbocycles. The van der Waals surface area contributed by atoms with Gasteiger partial charge in [-0.1, -0.05) is 30.3 Å². The second kappa shape index (κ2) is 10.8. The lowest BCUT2D eigenvalue weighted by molar-refractivity contribution is -0.116. The van der Waals surface area contributed by atoms with Crippen LogP contribution in [0, 0.1) is 0 Å². The maximum atomic E-state index is 12.5. The van der Waals surface area contributed by atoms with Crippen LogP contribution in [0.3, 0.4) is 0 Å². The highest BCUT2D eigenvalue weighted by Crippen LogP contribution is 2.39. The quantitative estimate of drug-likeness (QED) is 0.682. The first-order valence-electron chi connectivity index (χ1n) is 10.2. The maximum absolute atomic E-state index is 12.5. The third-order valence-corrected chi connectivity index (χ3v) is 5.32. The highest BCUT2D eigenvalue weighted by molar-refractivity contribution is 5.91. The van der Waals surface area contributed by atoms with E-state index in [0.29, 0.717) is 29.4 Å². The molecule has 1 aliphatic heterocycles. The number of carbonyl (C=O) groups is 1. The van der Waals surface area contributed by atoms with Gasteiger partial charge >= 0.3 is 0 Å². The van der Waals surface area contributed by atoms with Crippen LogP contribution >= 0.6 is 0 Å². The molecule has 0 aliphatic carbocycles. The molecule has 1 saturated heterocycles. The molecule has 2 aromatic rings. The fourth-order valence-electron chi connectivity index (χ4n) is 3.65. The molecule has 0 aromatic heterocycles. The third kappa shape index (κ3) is 5.87. The number of hydrogen-bond donors (Lipinski definition) is 1. The van der Waals surface area contributed by atoms with E-state index in [1.54, 1.807) is 33.5 Å². The molecule has 0 saturated carbocycles. The molecular formula is C23H31N3O4. The van der Waals surface area contributed by atoms with E-state index in [9.17, 15) is 4.79 Å². The van der Waals surface area contributed by atoms with E-state index in [1.807, 2.05) is 6.07 Å². The Morgan fingerprint density at radius 2 is 1.50 bits per heavy atom. The lowest BCUT2D eigenvalue weighted by Gasteiger charge is -2.34. The van der Waals surface area contributed by atoms with E-state index in [1.165, 1.54) is 5.56 Å². The van der Waals surface area contributed by atoms with Gasteiger partial charge in [-0.25, -0.2) is 0 Å². The van der Waals surface area contributed by atoms with Crippen molar-refractivity contribution in [2.24, 2.45) is 0 Å². The Bertz CT molecular complexity index is 795. The standard InChI is InChI=1S/C23H31N3O4/c1-28-20-15-19(16-21(29-2)23(20)30-3)24-22(27)9-10-25-11-13-26(14-12-25)17-18-7-5-4-6-8-18/h4-8,15-16H,9-14,17H2,1-3H3,(H,24,27). The van der Waals surface area contributed by atoms with Crippen molar-refractivity contribution in [1.82, 2.24) is 9.80 Å². The van der Waals surface area contributed by atoms with E-state index in [0.717, 1.165) is 39.3 Å². The zero-order chi connectivity index (χ0) is 21.3. The van der Waals surface area contributed by atoms with Gasteiger partial charge in [0.2, 0.25) is 11.7 Å². The van der Waals surface area contributed by atoms with Crippen molar-refractivity contribution in [3.63, 3.8) is 0 Å². The summed E-state index contributed by atoms with van der Waals surface area (Å²) >= 11 is 0.